The van der Waals surface area contributed by atoms with Gasteiger partial charge < -0.3 is 9.80 Å². The summed E-state index contributed by atoms with van der Waals surface area (Å²) in [6.07, 6.45) is 8.20. The third-order valence-electron chi connectivity index (χ3n) is 4.31. The standard InChI is InChI=1S/C16H18N4/c1-4-15-16(18-7-1)20-10-2-3-14(20)12-19(15)11-13-5-8-17-9-6-13/h1,4-9,14H,2-3,10-12H2. The van der Waals surface area contributed by atoms with E-state index >= 15 is 0 Å². The predicted octanol–water partition coefficient (Wildman–Crippen LogP) is 2.47. The van der Waals surface area contributed by atoms with Gasteiger partial charge in [0.05, 0.1) is 5.69 Å². The van der Waals surface area contributed by atoms with Gasteiger partial charge in [0.2, 0.25) is 0 Å². The Bertz CT molecular complexity index is 598. The molecule has 0 aromatic carbocycles. The summed E-state index contributed by atoms with van der Waals surface area (Å²) in [7, 11) is 0. The van der Waals surface area contributed by atoms with E-state index in [0.29, 0.717) is 6.04 Å². The van der Waals surface area contributed by atoms with Gasteiger partial charge in [-0.15, -0.1) is 0 Å². The van der Waals surface area contributed by atoms with E-state index in [0.717, 1.165) is 25.5 Å². The zero-order valence-corrected chi connectivity index (χ0v) is 11.4. The van der Waals surface area contributed by atoms with Crippen molar-refractivity contribution in [1.29, 1.82) is 0 Å². The minimum Gasteiger partial charge on any atom is -0.362 e. The Morgan fingerprint density at radius 1 is 1.15 bits per heavy atom. The highest BCUT2D eigenvalue weighted by Crippen LogP contribution is 2.38. The monoisotopic (exact) mass is 266 g/mol. The van der Waals surface area contributed by atoms with Gasteiger partial charge in [0, 0.05) is 44.3 Å². The lowest BCUT2D eigenvalue weighted by atomic mass is 10.1. The second kappa shape index (κ2) is 4.78. The number of hydrogen-bond acceptors (Lipinski definition) is 4. The van der Waals surface area contributed by atoms with Crippen molar-refractivity contribution in [3.8, 4) is 0 Å². The van der Waals surface area contributed by atoms with Gasteiger partial charge >= 0.3 is 0 Å². The number of aromatic nitrogens is 2. The molecule has 0 bridgehead atoms. The van der Waals surface area contributed by atoms with E-state index in [-0.39, 0.29) is 0 Å². The topological polar surface area (TPSA) is 32.3 Å². The third-order valence-corrected chi connectivity index (χ3v) is 4.31. The van der Waals surface area contributed by atoms with Gasteiger partial charge in [-0.2, -0.15) is 0 Å². The first-order chi connectivity index (χ1) is 9.92. The van der Waals surface area contributed by atoms with Gasteiger partial charge in [-0.05, 0) is 42.7 Å². The van der Waals surface area contributed by atoms with Gasteiger partial charge in [0.25, 0.3) is 0 Å². The van der Waals surface area contributed by atoms with Crippen molar-refractivity contribution in [3.63, 3.8) is 0 Å². The second-order valence-corrected chi connectivity index (χ2v) is 5.57. The first kappa shape index (κ1) is 11.7. The van der Waals surface area contributed by atoms with Crippen LogP contribution in [-0.4, -0.2) is 29.1 Å². The lowest BCUT2D eigenvalue weighted by Gasteiger charge is -2.40. The molecule has 20 heavy (non-hydrogen) atoms. The molecule has 2 aliphatic heterocycles. The minimum absolute atomic E-state index is 0.624. The summed E-state index contributed by atoms with van der Waals surface area (Å²) in [5.41, 5.74) is 2.57. The highest BCUT2D eigenvalue weighted by Gasteiger charge is 2.34. The Balaban J connectivity index is 1.68. The molecule has 0 saturated carbocycles. The quantitative estimate of drug-likeness (QED) is 0.836. The van der Waals surface area contributed by atoms with Gasteiger partial charge in [-0.25, -0.2) is 4.98 Å². The van der Waals surface area contributed by atoms with E-state index in [4.69, 9.17) is 0 Å². The van der Waals surface area contributed by atoms with Crippen LogP contribution in [0.1, 0.15) is 18.4 Å². The first-order valence-electron chi connectivity index (χ1n) is 7.27. The molecule has 2 aromatic heterocycles. The Kier molecular flexibility index (Phi) is 2.80. The van der Waals surface area contributed by atoms with Crippen molar-refractivity contribution < 1.29 is 0 Å². The van der Waals surface area contributed by atoms with Gasteiger partial charge in [0.15, 0.2) is 5.82 Å². The Hall–Kier alpha value is -2.10. The molecule has 2 aliphatic rings. The fourth-order valence-electron chi connectivity index (χ4n) is 3.37. The summed E-state index contributed by atoms with van der Waals surface area (Å²) >= 11 is 0. The highest BCUT2D eigenvalue weighted by molar-refractivity contribution is 5.70. The highest BCUT2D eigenvalue weighted by atomic mass is 15.3. The molecule has 1 atom stereocenters. The summed E-state index contributed by atoms with van der Waals surface area (Å²) in [5, 5.41) is 0. The fraction of sp³-hybridized carbons (Fsp3) is 0.375. The molecule has 102 valence electrons. The molecular weight excluding hydrogens is 248 g/mol. The molecule has 4 nitrogen and oxygen atoms in total. The maximum absolute atomic E-state index is 4.63. The number of rotatable bonds is 2. The van der Waals surface area contributed by atoms with Crippen LogP contribution in [0.5, 0.6) is 0 Å². The zero-order chi connectivity index (χ0) is 13.4. The van der Waals surface area contributed by atoms with Crippen LogP contribution in [0, 0.1) is 0 Å². The summed E-state index contributed by atoms with van der Waals surface area (Å²) in [6.45, 7) is 3.18. The molecule has 4 rings (SSSR count). The van der Waals surface area contributed by atoms with Crippen LogP contribution in [0.15, 0.2) is 42.9 Å². The first-order valence-corrected chi connectivity index (χ1v) is 7.27. The molecular formula is C16H18N4. The molecule has 1 fully saturated rings. The maximum Gasteiger partial charge on any atom is 0.152 e. The summed E-state index contributed by atoms with van der Waals surface area (Å²) in [5.74, 6) is 1.16. The number of pyridine rings is 2. The zero-order valence-electron chi connectivity index (χ0n) is 11.4. The van der Waals surface area contributed by atoms with Crippen LogP contribution < -0.4 is 9.80 Å². The summed E-state index contributed by atoms with van der Waals surface area (Å²) in [4.78, 5) is 13.7. The predicted molar refractivity (Wildman–Crippen MR) is 79.9 cm³/mol. The van der Waals surface area contributed by atoms with Crippen LogP contribution in [0.4, 0.5) is 11.5 Å². The fourth-order valence-corrected chi connectivity index (χ4v) is 3.37. The van der Waals surface area contributed by atoms with Gasteiger partial charge in [-0.1, -0.05) is 0 Å². The molecule has 0 radical (unpaired) electrons. The number of nitrogens with zero attached hydrogens (tertiary/aromatic N) is 4. The van der Waals surface area contributed by atoms with Crippen LogP contribution in [0.25, 0.3) is 0 Å². The van der Waals surface area contributed by atoms with Crippen molar-refractivity contribution in [2.75, 3.05) is 22.9 Å². The normalized spacial score (nSPS) is 20.7. The van der Waals surface area contributed by atoms with Gasteiger partial charge in [0.1, 0.15) is 0 Å². The molecule has 0 spiro atoms. The molecule has 4 heterocycles. The van der Waals surface area contributed by atoms with E-state index in [1.54, 1.807) is 0 Å². The second-order valence-electron chi connectivity index (χ2n) is 5.57. The molecule has 1 unspecified atom stereocenters. The van der Waals surface area contributed by atoms with Crippen LogP contribution in [-0.2, 0) is 6.54 Å². The van der Waals surface area contributed by atoms with E-state index in [1.807, 2.05) is 24.7 Å². The van der Waals surface area contributed by atoms with E-state index < -0.39 is 0 Å². The molecule has 0 amide bonds. The minimum atomic E-state index is 0.624. The molecule has 4 heteroatoms. The maximum atomic E-state index is 4.63. The average molecular weight is 266 g/mol. The largest absolute Gasteiger partial charge is 0.362 e. The lowest BCUT2D eigenvalue weighted by Crippen LogP contribution is -2.45. The van der Waals surface area contributed by atoms with Crippen LogP contribution in [0.2, 0.25) is 0 Å². The number of anilines is 2. The van der Waals surface area contributed by atoms with E-state index in [2.05, 4.69) is 38.0 Å². The summed E-state index contributed by atoms with van der Waals surface area (Å²) < 4.78 is 0. The smallest absolute Gasteiger partial charge is 0.152 e. The van der Waals surface area contributed by atoms with E-state index in [9.17, 15) is 0 Å². The van der Waals surface area contributed by atoms with Crippen LogP contribution in [0.3, 0.4) is 0 Å². The molecule has 0 N–H and O–H groups in total. The number of hydrogen-bond donors (Lipinski definition) is 0. The Labute approximate surface area is 119 Å². The molecule has 2 aromatic rings. The van der Waals surface area contributed by atoms with Crippen molar-refractivity contribution in [2.24, 2.45) is 0 Å². The lowest BCUT2D eigenvalue weighted by molar-refractivity contribution is 0.600. The van der Waals surface area contributed by atoms with Crippen molar-refractivity contribution in [2.45, 2.75) is 25.4 Å². The summed E-state index contributed by atoms with van der Waals surface area (Å²) in [6, 6.07) is 9.04. The van der Waals surface area contributed by atoms with E-state index in [1.165, 1.54) is 24.1 Å². The molecule has 1 saturated heterocycles. The molecule has 0 aliphatic carbocycles. The third kappa shape index (κ3) is 1.92. The van der Waals surface area contributed by atoms with Crippen molar-refractivity contribution in [1.82, 2.24) is 9.97 Å². The number of fused-ring (bicyclic) bond motifs is 3. The van der Waals surface area contributed by atoms with Crippen molar-refractivity contribution >= 4 is 11.5 Å². The van der Waals surface area contributed by atoms with Crippen molar-refractivity contribution in [3.05, 3.63) is 48.4 Å². The van der Waals surface area contributed by atoms with Crippen LogP contribution >= 0.6 is 0 Å². The average Bonchev–Trinajstić information content (AvgIpc) is 2.97. The SMILES string of the molecule is c1cnc2c(c1)N(Cc1ccncc1)CC1CCCN21. The Morgan fingerprint density at radius 2 is 2.05 bits per heavy atom. The van der Waals surface area contributed by atoms with Gasteiger partial charge in [-0.3, -0.25) is 4.98 Å². The Morgan fingerprint density at radius 3 is 2.95 bits per heavy atom.